The number of phenols is 1. The Morgan fingerprint density at radius 3 is 2.48 bits per heavy atom. The summed E-state index contributed by atoms with van der Waals surface area (Å²) in [6.45, 7) is 4.48. The summed E-state index contributed by atoms with van der Waals surface area (Å²) in [6.07, 6.45) is 7.11. The average Bonchev–Trinajstić information content (AvgIpc) is 3.08. The van der Waals surface area contributed by atoms with Crippen LogP contribution in [0, 0.1) is 0 Å². The number of hydrazine groups is 1. The fourth-order valence-electron chi connectivity index (χ4n) is 6.30. The van der Waals surface area contributed by atoms with Crippen LogP contribution in [0.5, 0.6) is 5.75 Å². The van der Waals surface area contributed by atoms with Gasteiger partial charge < -0.3 is 14.9 Å². The van der Waals surface area contributed by atoms with Crippen LogP contribution in [0.4, 0.5) is 0 Å². The van der Waals surface area contributed by atoms with Crippen LogP contribution in [0.2, 0.25) is 0 Å². The lowest BCUT2D eigenvalue weighted by atomic mass is 9.97. The number of piperazine rings is 1. The number of hydrogen-bond donors (Lipinski definition) is 1. The molecule has 2 aromatic heterocycles. The van der Waals surface area contributed by atoms with Crippen LogP contribution in [-0.2, 0) is 33.8 Å². The number of hydrogen-bond acceptors (Lipinski definition) is 7. The van der Waals surface area contributed by atoms with Gasteiger partial charge in [0.25, 0.3) is 0 Å². The molecule has 2 saturated heterocycles. The van der Waals surface area contributed by atoms with Gasteiger partial charge in [0.05, 0.1) is 18.8 Å². The summed E-state index contributed by atoms with van der Waals surface area (Å²) in [5.74, 6) is -0.467. The average molecular weight is 617 g/mol. The molecule has 46 heavy (non-hydrogen) atoms. The van der Waals surface area contributed by atoms with Crippen LogP contribution in [0.15, 0.2) is 110 Å². The summed E-state index contributed by atoms with van der Waals surface area (Å²) < 4.78 is 0. The molecule has 234 valence electrons. The van der Waals surface area contributed by atoms with Gasteiger partial charge in [-0.05, 0) is 53.4 Å². The molecular formula is C36H36N6O4. The van der Waals surface area contributed by atoms with Gasteiger partial charge in [-0.2, -0.15) is 0 Å². The largest absolute Gasteiger partial charge is 0.508 e. The minimum atomic E-state index is -0.857. The number of nitrogens with zero attached hydrogens (tertiary/aromatic N) is 6. The van der Waals surface area contributed by atoms with Gasteiger partial charge in [-0.3, -0.25) is 24.4 Å². The van der Waals surface area contributed by atoms with E-state index in [1.54, 1.807) is 68.7 Å². The molecule has 3 amide bonds. The van der Waals surface area contributed by atoms with E-state index in [1.807, 2.05) is 54.6 Å². The van der Waals surface area contributed by atoms with Crippen molar-refractivity contribution in [3.63, 3.8) is 0 Å². The van der Waals surface area contributed by atoms with Gasteiger partial charge in [-0.15, -0.1) is 6.58 Å². The van der Waals surface area contributed by atoms with Crippen molar-refractivity contribution < 1.29 is 19.5 Å². The number of phenolic OH excluding ortho intramolecular Hbond substituents is 1. The van der Waals surface area contributed by atoms with Crippen LogP contribution in [0.1, 0.15) is 23.1 Å². The first-order valence-electron chi connectivity index (χ1n) is 15.4. The van der Waals surface area contributed by atoms with Crippen molar-refractivity contribution in [3.8, 4) is 17.0 Å². The minimum absolute atomic E-state index is 0.0489. The molecule has 0 radical (unpaired) electrons. The predicted octanol–water partition coefficient (Wildman–Crippen LogP) is 3.84. The van der Waals surface area contributed by atoms with Gasteiger partial charge in [0.15, 0.2) is 0 Å². The van der Waals surface area contributed by atoms with E-state index >= 15 is 0 Å². The fraction of sp³-hybridized carbons (Fsp3) is 0.250. The number of pyridine rings is 2. The summed E-state index contributed by atoms with van der Waals surface area (Å²) in [6, 6.07) is 23.1. The molecule has 10 nitrogen and oxygen atoms in total. The van der Waals surface area contributed by atoms with E-state index in [0.717, 1.165) is 22.3 Å². The first-order valence-corrected chi connectivity index (χ1v) is 15.4. The third-order valence-corrected chi connectivity index (χ3v) is 8.45. The van der Waals surface area contributed by atoms with E-state index in [9.17, 15) is 19.5 Å². The van der Waals surface area contributed by atoms with Gasteiger partial charge in [0, 0.05) is 50.1 Å². The monoisotopic (exact) mass is 616 g/mol. The molecule has 0 aliphatic carbocycles. The molecule has 2 aliphatic rings. The first kappa shape index (κ1) is 30.7. The summed E-state index contributed by atoms with van der Waals surface area (Å²) in [5.41, 5.74) is 4.20. The third-order valence-electron chi connectivity index (χ3n) is 8.45. The molecule has 4 heterocycles. The summed E-state index contributed by atoms with van der Waals surface area (Å²) in [5, 5.41) is 13.3. The number of carbonyl (C=O) groups excluding carboxylic acids is 3. The maximum absolute atomic E-state index is 14.4. The number of benzene rings is 2. The van der Waals surface area contributed by atoms with Crippen molar-refractivity contribution in [2.75, 3.05) is 19.6 Å². The second-order valence-electron chi connectivity index (χ2n) is 11.5. The smallest absolute Gasteiger partial charge is 0.246 e. The Morgan fingerprint density at radius 1 is 0.957 bits per heavy atom. The Kier molecular flexibility index (Phi) is 9.16. The standard InChI is InChI=1S/C36H36N6O4/c1-2-20-40-25-34(45)41-31(21-27-12-15-30(43)16-13-27)36(46)39(23-29-11-7-19-38-35(29)28-10-6-18-37-22-28)24-32(41)42(40)33(44)17-14-26-8-4-3-5-9-26/h2-13,15-16,18-19,22,31-32,43H,1,14,17,20-21,23-25H2/t31-,32-/m0/s1. The molecule has 2 aromatic carbocycles. The Hall–Kier alpha value is -5.35. The number of aromatic nitrogens is 2. The van der Waals surface area contributed by atoms with Crippen molar-refractivity contribution >= 4 is 17.7 Å². The molecule has 2 aliphatic heterocycles. The second kappa shape index (κ2) is 13.7. The lowest BCUT2D eigenvalue weighted by molar-refractivity contribution is -0.205. The van der Waals surface area contributed by atoms with Crippen molar-refractivity contribution in [3.05, 3.63) is 127 Å². The highest BCUT2D eigenvalue weighted by atomic mass is 16.3. The Balaban J connectivity index is 1.37. The number of carbonyl (C=O) groups is 3. The highest BCUT2D eigenvalue weighted by molar-refractivity contribution is 5.92. The lowest BCUT2D eigenvalue weighted by Gasteiger charge is -2.55. The van der Waals surface area contributed by atoms with Crippen LogP contribution in [0.3, 0.4) is 0 Å². The zero-order chi connectivity index (χ0) is 32.0. The third kappa shape index (κ3) is 6.52. The minimum Gasteiger partial charge on any atom is -0.508 e. The molecule has 4 aromatic rings. The zero-order valence-electron chi connectivity index (χ0n) is 25.5. The molecule has 10 heteroatoms. The second-order valence-corrected chi connectivity index (χ2v) is 11.5. The molecule has 0 unspecified atom stereocenters. The van der Waals surface area contributed by atoms with Crippen molar-refractivity contribution in [2.24, 2.45) is 0 Å². The molecule has 0 saturated carbocycles. The fourth-order valence-corrected chi connectivity index (χ4v) is 6.30. The molecular weight excluding hydrogens is 580 g/mol. The summed E-state index contributed by atoms with van der Waals surface area (Å²) >= 11 is 0. The molecule has 0 bridgehead atoms. The Bertz CT molecular complexity index is 1700. The first-order chi connectivity index (χ1) is 22.4. The van der Waals surface area contributed by atoms with Crippen LogP contribution in [-0.4, -0.2) is 84.5 Å². The van der Waals surface area contributed by atoms with Gasteiger partial charge in [0.2, 0.25) is 17.7 Å². The maximum Gasteiger partial charge on any atom is 0.246 e. The lowest BCUT2D eigenvalue weighted by Crippen LogP contribution is -2.75. The number of amides is 3. The van der Waals surface area contributed by atoms with Gasteiger partial charge in [0.1, 0.15) is 18.0 Å². The van der Waals surface area contributed by atoms with Crippen molar-refractivity contribution in [1.29, 1.82) is 0 Å². The van der Waals surface area contributed by atoms with Gasteiger partial charge >= 0.3 is 0 Å². The van der Waals surface area contributed by atoms with Crippen LogP contribution in [0.25, 0.3) is 11.3 Å². The maximum atomic E-state index is 14.4. The van der Waals surface area contributed by atoms with Gasteiger partial charge in [-0.1, -0.05) is 54.6 Å². The zero-order valence-corrected chi connectivity index (χ0v) is 25.5. The van der Waals surface area contributed by atoms with Crippen molar-refractivity contribution in [2.45, 2.75) is 38.0 Å². The van der Waals surface area contributed by atoms with E-state index in [0.29, 0.717) is 18.7 Å². The highest BCUT2D eigenvalue weighted by Crippen LogP contribution is 2.31. The Labute approximate surface area is 268 Å². The van der Waals surface area contributed by atoms with E-state index in [4.69, 9.17) is 0 Å². The SMILES string of the molecule is C=CCN1CC(=O)N2[C@@H](Cc3ccc(O)cc3)C(=O)N(Cc3cccnc3-c3cccnc3)C[C@@H]2N1C(=O)CCc1ccccc1. The van der Waals surface area contributed by atoms with Crippen LogP contribution >= 0.6 is 0 Å². The summed E-state index contributed by atoms with van der Waals surface area (Å²) in [4.78, 5) is 54.5. The van der Waals surface area contributed by atoms with E-state index in [-0.39, 0.29) is 55.9 Å². The molecule has 2 fully saturated rings. The molecule has 6 rings (SSSR count). The number of fused-ring (bicyclic) bond motifs is 1. The number of aromatic hydroxyl groups is 1. The van der Waals surface area contributed by atoms with Gasteiger partial charge in [-0.25, -0.2) is 10.0 Å². The topological polar surface area (TPSA) is 110 Å². The summed E-state index contributed by atoms with van der Waals surface area (Å²) in [7, 11) is 0. The Morgan fingerprint density at radius 2 is 1.74 bits per heavy atom. The van der Waals surface area contributed by atoms with Crippen molar-refractivity contribution in [1.82, 2.24) is 29.8 Å². The number of rotatable bonds is 10. The van der Waals surface area contributed by atoms with E-state index in [1.165, 1.54) is 0 Å². The quantitative estimate of drug-likeness (QED) is 0.270. The van der Waals surface area contributed by atoms with Crippen LogP contribution < -0.4 is 0 Å². The molecule has 1 N–H and O–H groups in total. The normalized spacial score (nSPS) is 18.4. The number of aryl methyl sites for hydroxylation is 1. The van der Waals surface area contributed by atoms with E-state index < -0.39 is 12.2 Å². The molecule has 0 spiro atoms. The van der Waals surface area contributed by atoms with E-state index in [2.05, 4.69) is 16.5 Å². The molecule has 2 atom stereocenters. The predicted molar refractivity (Wildman–Crippen MR) is 172 cm³/mol. The highest BCUT2D eigenvalue weighted by Gasteiger charge is 2.51.